The number of rotatable bonds is 3. The zero-order valence-electron chi connectivity index (χ0n) is 9.54. The predicted octanol–water partition coefficient (Wildman–Crippen LogP) is 3.29. The molecule has 2 heteroatoms. The first kappa shape index (κ1) is 10.4. The molecular formula is C15H15NO. The maximum Gasteiger partial charge on any atom is 0.130 e. The summed E-state index contributed by atoms with van der Waals surface area (Å²) >= 11 is 0. The second kappa shape index (κ2) is 4.22. The van der Waals surface area contributed by atoms with E-state index in [4.69, 9.17) is 10.5 Å². The van der Waals surface area contributed by atoms with Gasteiger partial charge in [-0.25, -0.2) is 0 Å². The Morgan fingerprint density at radius 2 is 1.59 bits per heavy atom. The molecule has 1 aliphatic rings. The van der Waals surface area contributed by atoms with Crippen molar-refractivity contribution in [3.63, 3.8) is 0 Å². The minimum atomic E-state index is 0.301. The number of para-hydroxylation sites is 2. The van der Waals surface area contributed by atoms with E-state index in [1.807, 2.05) is 48.5 Å². The molecule has 0 radical (unpaired) electrons. The molecule has 0 heterocycles. The van der Waals surface area contributed by atoms with Crippen LogP contribution >= 0.6 is 0 Å². The second-order valence-electron chi connectivity index (χ2n) is 4.46. The van der Waals surface area contributed by atoms with E-state index < -0.39 is 0 Å². The molecule has 86 valence electrons. The van der Waals surface area contributed by atoms with Crippen LogP contribution in [0, 0.1) is 0 Å². The lowest BCUT2D eigenvalue weighted by atomic mass is 10.1. The molecule has 2 atom stereocenters. The first-order valence-corrected chi connectivity index (χ1v) is 5.92. The van der Waals surface area contributed by atoms with Crippen LogP contribution in [-0.4, -0.2) is 6.04 Å². The smallest absolute Gasteiger partial charge is 0.130 e. The van der Waals surface area contributed by atoms with Gasteiger partial charge in [-0.3, -0.25) is 0 Å². The standard InChI is InChI=1S/C15H15NO/c16-14-10-13(14)12-8-4-5-9-15(12)17-11-6-2-1-3-7-11/h1-9,13-14H,10,16H2/t13?,14-/m1/s1. The Bertz CT molecular complexity index is 509. The zero-order chi connectivity index (χ0) is 11.7. The van der Waals surface area contributed by atoms with Crippen LogP contribution in [0.4, 0.5) is 0 Å². The van der Waals surface area contributed by atoms with Gasteiger partial charge >= 0.3 is 0 Å². The molecule has 0 aromatic heterocycles. The summed E-state index contributed by atoms with van der Waals surface area (Å²) in [4.78, 5) is 0. The lowest BCUT2D eigenvalue weighted by Crippen LogP contribution is -2.01. The van der Waals surface area contributed by atoms with Gasteiger partial charge in [-0.15, -0.1) is 0 Å². The molecule has 1 saturated carbocycles. The highest BCUT2D eigenvalue weighted by atomic mass is 16.5. The molecular weight excluding hydrogens is 210 g/mol. The van der Waals surface area contributed by atoms with Gasteiger partial charge in [-0.05, 0) is 30.2 Å². The van der Waals surface area contributed by atoms with Gasteiger partial charge in [-0.2, -0.15) is 0 Å². The molecule has 2 aromatic rings. The maximum absolute atomic E-state index is 5.91. The Balaban J connectivity index is 1.88. The highest BCUT2D eigenvalue weighted by Crippen LogP contribution is 2.44. The van der Waals surface area contributed by atoms with Crippen LogP contribution in [0.1, 0.15) is 17.9 Å². The minimum Gasteiger partial charge on any atom is -0.457 e. The van der Waals surface area contributed by atoms with Crippen molar-refractivity contribution in [3.8, 4) is 11.5 Å². The van der Waals surface area contributed by atoms with E-state index >= 15 is 0 Å². The van der Waals surface area contributed by atoms with Gasteiger partial charge in [0.05, 0.1) is 0 Å². The van der Waals surface area contributed by atoms with E-state index in [0.717, 1.165) is 17.9 Å². The number of nitrogens with two attached hydrogens (primary N) is 1. The summed E-state index contributed by atoms with van der Waals surface area (Å²) in [7, 11) is 0. The monoisotopic (exact) mass is 225 g/mol. The number of benzene rings is 2. The first-order chi connectivity index (χ1) is 8.34. The van der Waals surface area contributed by atoms with Crippen molar-refractivity contribution < 1.29 is 4.74 Å². The maximum atomic E-state index is 5.91. The van der Waals surface area contributed by atoms with Gasteiger partial charge in [0, 0.05) is 12.0 Å². The predicted molar refractivity (Wildman–Crippen MR) is 68.3 cm³/mol. The Kier molecular flexibility index (Phi) is 2.57. The fourth-order valence-corrected chi connectivity index (χ4v) is 2.07. The van der Waals surface area contributed by atoms with Crippen LogP contribution in [0.5, 0.6) is 11.5 Å². The Morgan fingerprint density at radius 3 is 2.29 bits per heavy atom. The van der Waals surface area contributed by atoms with Gasteiger partial charge in [0.2, 0.25) is 0 Å². The third-order valence-corrected chi connectivity index (χ3v) is 3.13. The summed E-state index contributed by atoms with van der Waals surface area (Å²) in [6, 6.07) is 18.3. The fraction of sp³-hybridized carbons (Fsp3) is 0.200. The molecule has 0 saturated heterocycles. The van der Waals surface area contributed by atoms with E-state index in [-0.39, 0.29) is 0 Å². The van der Waals surface area contributed by atoms with Crippen LogP contribution in [0.3, 0.4) is 0 Å². The molecule has 3 rings (SSSR count). The summed E-state index contributed by atoms with van der Waals surface area (Å²) < 4.78 is 5.90. The third kappa shape index (κ3) is 2.17. The lowest BCUT2D eigenvalue weighted by Gasteiger charge is -2.10. The van der Waals surface area contributed by atoms with Crippen LogP contribution in [0.2, 0.25) is 0 Å². The Hall–Kier alpha value is -1.80. The highest BCUT2D eigenvalue weighted by molar-refractivity contribution is 5.43. The third-order valence-electron chi connectivity index (χ3n) is 3.13. The van der Waals surface area contributed by atoms with Crippen molar-refractivity contribution in [2.24, 2.45) is 5.73 Å². The summed E-state index contributed by atoms with van der Waals surface area (Å²) in [6.07, 6.45) is 1.06. The average Bonchev–Trinajstić information content (AvgIpc) is 3.08. The second-order valence-corrected chi connectivity index (χ2v) is 4.46. The number of hydrogen-bond acceptors (Lipinski definition) is 2. The molecule has 17 heavy (non-hydrogen) atoms. The van der Waals surface area contributed by atoms with Gasteiger partial charge < -0.3 is 10.5 Å². The number of hydrogen-bond donors (Lipinski definition) is 1. The molecule has 1 aliphatic carbocycles. The summed E-state index contributed by atoms with van der Waals surface area (Å²) in [5.74, 6) is 2.26. The van der Waals surface area contributed by atoms with Crippen molar-refractivity contribution in [1.82, 2.24) is 0 Å². The van der Waals surface area contributed by atoms with Crippen molar-refractivity contribution in [2.75, 3.05) is 0 Å². The van der Waals surface area contributed by atoms with Crippen molar-refractivity contribution in [2.45, 2.75) is 18.4 Å². The molecule has 0 amide bonds. The molecule has 1 fully saturated rings. The molecule has 0 spiro atoms. The van der Waals surface area contributed by atoms with E-state index in [1.54, 1.807) is 0 Å². The minimum absolute atomic E-state index is 0.301. The summed E-state index contributed by atoms with van der Waals surface area (Å²) in [5, 5.41) is 0. The van der Waals surface area contributed by atoms with Crippen molar-refractivity contribution in [1.29, 1.82) is 0 Å². The summed E-state index contributed by atoms with van der Waals surface area (Å²) in [6.45, 7) is 0. The average molecular weight is 225 g/mol. The molecule has 2 nitrogen and oxygen atoms in total. The van der Waals surface area contributed by atoms with Gasteiger partial charge in [0.25, 0.3) is 0 Å². The van der Waals surface area contributed by atoms with Gasteiger partial charge in [0.15, 0.2) is 0 Å². The summed E-state index contributed by atoms with van der Waals surface area (Å²) in [5.41, 5.74) is 7.13. The van der Waals surface area contributed by atoms with E-state index in [1.165, 1.54) is 5.56 Å². The van der Waals surface area contributed by atoms with Crippen LogP contribution in [0.15, 0.2) is 54.6 Å². The molecule has 1 unspecified atom stereocenters. The lowest BCUT2D eigenvalue weighted by molar-refractivity contribution is 0.476. The highest BCUT2D eigenvalue weighted by Gasteiger charge is 2.36. The SMILES string of the molecule is N[C@@H]1CC1c1ccccc1Oc1ccccc1. The molecule has 0 aliphatic heterocycles. The first-order valence-electron chi connectivity index (χ1n) is 5.92. The van der Waals surface area contributed by atoms with Crippen LogP contribution < -0.4 is 10.5 Å². The van der Waals surface area contributed by atoms with Crippen LogP contribution in [0.25, 0.3) is 0 Å². The van der Waals surface area contributed by atoms with Crippen molar-refractivity contribution in [3.05, 3.63) is 60.2 Å². The molecule has 2 N–H and O–H groups in total. The quantitative estimate of drug-likeness (QED) is 0.869. The van der Waals surface area contributed by atoms with Crippen LogP contribution in [-0.2, 0) is 0 Å². The zero-order valence-corrected chi connectivity index (χ0v) is 9.54. The van der Waals surface area contributed by atoms with E-state index in [0.29, 0.717) is 12.0 Å². The van der Waals surface area contributed by atoms with Gasteiger partial charge in [-0.1, -0.05) is 36.4 Å². The van der Waals surface area contributed by atoms with E-state index in [2.05, 4.69) is 6.07 Å². The van der Waals surface area contributed by atoms with Gasteiger partial charge in [0.1, 0.15) is 11.5 Å². The molecule has 0 bridgehead atoms. The normalized spacial score (nSPS) is 22.2. The van der Waals surface area contributed by atoms with Crippen molar-refractivity contribution >= 4 is 0 Å². The fourth-order valence-electron chi connectivity index (χ4n) is 2.07. The Labute approximate surface area is 101 Å². The topological polar surface area (TPSA) is 35.2 Å². The molecule has 2 aromatic carbocycles. The largest absolute Gasteiger partial charge is 0.457 e. The van der Waals surface area contributed by atoms with E-state index in [9.17, 15) is 0 Å². The Morgan fingerprint density at radius 1 is 0.941 bits per heavy atom. The number of ether oxygens (including phenoxy) is 1.